The van der Waals surface area contributed by atoms with Gasteiger partial charge in [-0.15, -0.1) is 0 Å². The molecule has 1 nitrogen and oxygen atoms in total. The Morgan fingerprint density at radius 2 is 1.13 bits per heavy atom. The molecule has 8 rings (SSSR count). The molecule has 0 spiro atoms. The Morgan fingerprint density at radius 3 is 1.83 bits per heavy atom. The Balaban J connectivity index is 1.20. The smallest absolute Gasteiger partial charge is 0.0667 e. The van der Waals surface area contributed by atoms with Crippen LogP contribution in [0, 0.1) is 0 Å². The summed E-state index contributed by atoms with van der Waals surface area (Å²) < 4.78 is 0. The van der Waals surface area contributed by atoms with Crippen molar-refractivity contribution in [3.63, 3.8) is 0 Å². The summed E-state index contributed by atoms with van der Waals surface area (Å²) in [5.74, 6) is -0.0383. The molecule has 0 aliphatic rings. The minimum absolute atomic E-state index is 0.0383. The van der Waals surface area contributed by atoms with Crippen molar-refractivity contribution in [2.75, 3.05) is 0 Å². The Kier molecular flexibility index (Phi) is 9.17. The quantitative estimate of drug-likeness (QED) is 0.0825. The van der Waals surface area contributed by atoms with E-state index in [1.165, 1.54) is 71.3 Å². The minimum Gasteiger partial charge on any atom is -0.261 e. The van der Waals surface area contributed by atoms with E-state index >= 15 is 0 Å². The molecule has 8 aromatic rings. The molecule has 1 atom stereocenters. The highest BCUT2D eigenvalue weighted by Crippen LogP contribution is 2.39. The van der Waals surface area contributed by atoms with Crippen LogP contribution in [-0.2, 0) is 6.42 Å². The molecule has 0 aliphatic carbocycles. The maximum absolute atomic E-state index is 4.91. The van der Waals surface area contributed by atoms with Crippen molar-refractivity contribution in [3.8, 4) is 22.3 Å². The fraction of sp³-hybridized carbons (Fsp3) is 0.0784. The number of allylic oxidation sites excluding steroid dienone is 2. The molecule has 0 saturated heterocycles. The molecule has 0 heterocycles. The zero-order valence-electron chi connectivity index (χ0n) is 29.8. The molecule has 0 bridgehead atoms. The van der Waals surface area contributed by atoms with Gasteiger partial charge in [0.1, 0.15) is 0 Å². The summed E-state index contributed by atoms with van der Waals surface area (Å²) in [5, 5.41) is 7.81. The first kappa shape index (κ1) is 32.9. The predicted molar refractivity (Wildman–Crippen MR) is 225 cm³/mol. The second-order valence-electron chi connectivity index (χ2n) is 13.6. The van der Waals surface area contributed by atoms with Crippen LogP contribution in [0.4, 0.5) is 0 Å². The highest BCUT2D eigenvalue weighted by molar-refractivity contribution is 6.25. The highest BCUT2D eigenvalue weighted by atomic mass is 14.7. The fourth-order valence-corrected chi connectivity index (χ4v) is 7.73. The van der Waals surface area contributed by atoms with Crippen molar-refractivity contribution in [1.29, 1.82) is 0 Å². The van der Waals surface area contributed by atoms with E-state index in [4.69, 9.17) is 4.99 Å². The molecule has 1 unspecified atom stereocenters. The number of nitrogens with zero attached hydrogens (tertiary/aromatic N) is 1. The van der Waals surface area contributed by atoms with Crippen molar-refractivity contribution in [3.05, 3.63) is 210 Å². The van der Waals surface area contributed by atoms with E-state index in [0.29, 0.717) is 0 Å². The van der Waals surface area contributed by atoms with E-state index in [-0.39, 0.29) is 5.92 Å². The standard InChI is InChI=1S/C51H41N/c1-4-52-51(40-21-16-20-38(33-40)37-17-6-5-7-18-37)34-49(35(2)3)46-27-14-10-23-42(46)41-22-9-8-19-39(41)31-36-29-30-48-45-26-12-11-24-43(45)44-25-13-15-28-47(44)50(48)32-36/h4-30,32-34,49H,2,31H2,1,3H3/b51-34-,52-4-. The lowest BCUT2D eigenvalue weighted by Crippen LogP contribution is -2.02. The lowest BCUT2D eigenvalue weighted by Gasteiger charge is -2.21. The van der Waals surface area contributed by atoms with E-state index in [2.05, 4.69) is 189 Å². The normalized spacial score (nSPS) is 12.5. The van der Waals surface area contributed by atoms with Crippen LogP contribution >= 0.6 is 0 Å². The topological polar surface area (TPSA) is 12.4 Å². The molecule has 0 aromatic heterocycles. The molecule has 0 aliphatic heterocycles. The van der Waals surface area contributed by atoms with Gasteiger partial charge in [0.15, 0.2) is 0 Å². The van der Waals surface area contributed by atoms with Crippen molar-refractivity contribution >= 4 is 44.2 Å². The summed E-state index contributed by atoms with van der Waals surface area (Å²) in [7, 11) is 0. The first-order chi connectivity index (χ1) is 25.6. The molecule has 250 valence electrons. The van der Waals surface area contributed by atoms with E-state index in [1.807, 2.05) is 13.1 Å². The monoisotopic (exact) mass is 667 g/mol. The SMILES string of the molecule is C=C(C)C(/C=C(\N=C/C)c1cccc(-c2ccccc2)c1)c1ccccc1-c1ccccc1Cc1ccc2c3ccccc3c3ccccc3c2c1. The summed E-state index contributed by atoms with van der Waals surface area (Å²) >= 11 is 0. The maximum atomic E-state index is 4.91. The molecule has 0 radical (unpaired) electrons. The van der Waals surface area contributed by atoms with Gasteiger partial charge >= 0.3 is 0 Å². The van der Waals surface area contributed by atoms with Gasteiger partial charge in [-0.05, 0) is 104 Å². The maximum Gasteiger partial charge on any atom is 0.0667 e. The molecular weight excluding hydrogens is 627 g/mol. The zero-order chi connectivity index (χ0) is 35.4. The summed E-state index contributed by atoms with van der Waals surface area (Å²) in [6.07, 6.45) is 4.99. The van der Waals surface area contributed by atoms with Crippen molar-refractivity contribution < 1.29 is 0 Å². The highest BCUT2D eigenvalue weighted by Gasteiger charge is 2.19. The van der Waals surface area contributed by atoms with Crippen LogP contribution in [0.25, 0.3) is 60.3 Å². The van der Waals surface area contributed by atoms with Gasteiger partial charge in [-0.3, -0.25) is 4.99 Å². The van der Waals surface area contributed by atoms with Crippen LogP contribution in [-0.4, -0.2) is 6.21 Å². The van der Waals surface area contributed by atoms with Crippen LogP contribution in [0.1, 0.15) is 42.0 Å². The van der Waals surface area contributed by atoms with Gasteiger partial charge in [-0.2, -0.15) is 0 Å². The van der Waals surface area contributed by atoms with Gasteiger partial charge in [0.05, 0.1) is 5.70 Å². The van der Waals surface area contributed by atoms with Gasteiger partial charge in [0, 0.05) is 17.7 Å². The van der Waals surface area contributed by atoms with Crippen LogP contribution in [0.5, 0.6) is 0 Å². The van der Waals surface area contributed by atoms with Crippen molar-refractivity contribution in [2.24, 2.45) is 4.99 Å². The number of fused-ring (bicyclic) bond motifs is 6. The number of aliphatic imine (C=N–C) groups is 1. The Morgan fingerprint density at radius 1 is 0.558 bits per heavy atom. The third kappa shape index (κ3) is 6.38. The van der Waals surface area contributed by atoms with E-state index < -0.39 is 0 Å². The van der Waals surface area contributed by atoms with Gasteiger partial charge in [-0.1, -0.05) is 176 Å². The van der Waals surface area contributed by atoms with Crippen LogP contribution < -0.4 is 0 Å². The lowest BCUT2D eigenvalue weighted by atomic mass is 9.83. The van der Waals surface area contributed by atoms with Gasteiger partial charge in [0.2, 0.25) is 0 Å². The molecule has 52 heavy (non-hydrogen) atoms. The third-order valence-electron chi connectivity index (χ3n) is 10.2. The predicted octanol–water partition coefficient (Wildman–Crippen LogP) is 13.9. The zero-order valence-corrected chi connectivity index (χ0v) is 29.8. The first-order valence-electron chi connectivity index (χ1n) is 18.1. The van der Waals surface area contributed by atoms with Gasteiger partial charge < -0.3 is 0 Å². The number of hydrogen-bond donors (Lipinski definition) is 0. The Hall–Kier alpha value is -6.31. The van der Waals surface area contributed by atoms with E-state index in [9.17, 15) is 0 Å². The van der Waals surface area contributed by atoms with E-state index in [1.54, 1.807) is 0 Å². The van der Waals surface area contributed by atoms with Crippen molar-refractivity contribution in [2.45, 2.75) is 26.2 Å². The second kappa shape index (κ2) is 14.5. The number of rotatable bonds is 9. The number of hydrogen-bond acceptors (Lipinski definition) is 1. The summed E-state index contributed by atoms with van der Waals surface area (Å²) in [6.45, 7) is 8.61. The largest absolute Gasteiger partial charge is 0.261 e. The van der Waals surface area contributed by atoms with Crippen LogP contribution in [0.2, 0.25) is 0 Å². The summed E-state index contributed by atoms with van der Waals surface area (Å²) in [5.41, 5.74) is 11.7. The first-order valence-corrected chi connectivity index (χ1v) is 18.1. The molecule has 1 heteroatoms. The molecule has 0 amide bonds. The van der Waals surface area contributed by atoms with Gasteiger partial charge in [-0.25, -0.2) is 0 Å². The minimum atomic E-state index is -0.0383. The summed E-state index contributed by atoms with van der Waals surface area (Å²) in [4.78, 5) is 4.91. The number of benzene rings is 8. The summed E-state index contributed by atoms with van der Waals surface area (Å²) in [6, 6.07) is 61.5. The van der Waals surface area contributed by atoms with E-state index in [0.717, 1.165) is 23.3 Å². The average molecular weight is 668 g/mol. The van der Waals surface area contributed by atoms with Crippen molar-refractivity contribution in [1.82, 2.24) is 0 Å². The second-order valence-corrected chi connectivity index (χ2v) is 13.6. The fourth-order valence-electron chi connectivity index (χ4n) is 7.73. The van der Waals surface area contributed by atoms with Crippen LogP contribution in [0.3, 0.4) is 0 Å². The lowest BCUT2D eigenvalue weighted by molar-refractivity contribution is 0.997. The van der Waals surface area contributed by atoms with Gasteiger partial charge in [0.25, 0.3) is 0 Å². The average Bonchev–Trinajstić information content (AvgIpc) is 3.20. The molecule has 0 fully saturated rings. The van der Waals surface area contributed by atoms with Crippen LogP contribution in [0.15, 0.2) is 193 Å². The molecular formula is C51H41N. The third-order valence-corrected chi connectivity index (χ3v) is 10.2. The molecule has 0 saturated carbocycles. The Bertz CT molecular complexity index is 2600. The molecule has 8 aromatic carbocycles. The Labute approximate surface area is 307 Å². The molecule has 0 N–H and O–H groups in total.